The van der Waals surface area contributed by atoms with Gasteiger partial charge in [0.1, 0.15) is 11.3 Å². The van der Waals surface area contributed by atoms with E-state index in [2.05, 4.69) is 21.7 Å². The van der Waals surface area contributed by atoms with Gasteiger partial charge in [-0.3, -0.25) is 9.55 Å². The van der Waals surface area contributed by atoms with Crippen LogP contribution in [0.25, 0.3) is 27.6 Å². The Morgan fingerprint density at radius 3 is 2.52 bits per heavy atom. The number of halogens is 2. The summed E-state index contributed by atoms with van der Waals surface area (Å²) in [5.41, 5.74) is 4.00. The van der Waals surface area contributed by atoms with E-state index < -0.39 is 0 Å². The summed E-state index contributed by atoms with van der Waals surface area (Å²) >= 11 is 12.5. The van der Waals surface area contributed by atoms with Crippen LogP contribution in [-0.4, -0.2) is 14.5 Å². The van der Waals surface area contributed by atoms with Gasteiger partial charge in [0, 0.05) is 17.0 Å². The molecule has 0 amide bonds. The van der Waals surface area contributed by atoms with E-state index in [0.29, 0.717) is 16.0 Å². The lowest BCUT2D eigenvalue weighted by atomic mass is 9.88. The molecule has 2 aromatic carbocycles. The van der Waals surface area contributed by atoms with Gasteiger partial charge in [-0.1, -0.05) is 60.7 Å². The number of nitrogens with zero attached hydrogens (tertiary/aromatic N) is 3. The van der Waals surface area contributed by atoms with Crippen molar-refractivity contribution in [1.29, 1.82) is 0 Å². The maximum atomic E-state index is 6.36. The smallest absolute Gasteiger partial charge is 0.117 e. The van der Waals surface area contributed by atoms with Crippen LogP contribution < -0.4 is 0 Å². The third-order valence-corrected chi connectivity index (χ3v) is 6.29. The molecule has 0 saturated heterocycles. The number of aromatic nitrogens is 3. The Morgan fingerprint density at radius 2 is 1.70 bits per heavy atom. The molecule has 5 rings (SSSR count). The zero-order valence-electron chi connectivity index (χ0n) is 14.8. The first-order chi connectivity index (χ1) is 13.2. The van der Waals surface area contributed by atoms with Gasteiger partial charge in [-0.15, -0.1) is 0 Å². The van der Waals surface area contributed by atoms with E-state index in [4.69, 9.17) is 28.2 Å². The summed E-state index contributed by atoms with van der Waals surface area (Å²) in [6.45, 7) is 0. The Hall–Kier alpha value is -2.10. The van der Waals surface area contributed by atoms with Crippen LogP contribution in [0.1, 0.15) is 43.8 Å². The van der Waals surface area contributed by atoms with Crippen molar-refractivity contribution in [2.75, 3.05) is 0 Å². The Morgan fingerprint density at radius 1 is 0.889 bits per heavy atom. The molecule has 2 aromatic heterocycles. The quantitative estimate of drug-likeness (QED) is 0.368. The number of para-hydroxylation sites is 1. The molecule has 0 radical (unpaired) electrons. The number of imidazole rings is 1. The van der Waals surface area contributed by atoms with Gasteiger partial charge in [0.05, 0.1) is 27.3 Å². The van der Waals surface area contributed by atoms with Gasteiger partial charge in [-0.2, -0.15) is 0 Å². The highest BCUT2D eigenvalue weighted by atomic mass is 35.5. The molecule has 0 N–H and O–H groups in total. The Kier molecular flexibility index (Phi) is 4.30. The van der Waals surface area contributed by atoms with Crippen molar-refractivity contribution in [3.8, 4) is 5.69 Å². The molecule has 136 valence electrons. The molecule has 0 atom stereocenters. The highest BCUT2D eigenvalue weighted by molar-refractivity contribution is 6.42. The highest BCUT2D eigenvalue weighted by Gasteiger charge is 2.24. The lowest BCUT2D eigenvalue weighted by molar-refractivity contribution is 0.426. The molecule has 4 aromatic rings. The standard InChI is InChI=1S/C22H19Cl2N3/c23-17-11-10-15(12-18(17)24)27-21-16-8-4-5-9-19(16)25-13-20(21)26-22(27)14-6-2-1-3-7-14/h4-5,8-14H,1-3,6-7H2. The maximum absolute atomic E-state index is 6.36. The predicted octanol–water partition coefficient (Wildman–Crippen LogP) is 6.93. The third-order valence-electron chi connectivity index (χ3n) is 5.55. The molecule has 2 heterocycles. The SMILES string of the molecule is Clc1ccc(-n2c(C3CCCCC3)nc3cnc4ccccc4c32)cc1Cl. The average Bonchev–Trinajstić information content (AvgIpc) is 3.11. The fraction of sp³-hybridized carbons (Fsp3) is 0.273. The third kappa shape index (κ3) is 2.90. The second-order valence-electron chi connectivity index (χ2n) is 7.25. The molecule has 5 heteroatoms. The van der Waals surface area contributed by atoms with E-state index in [0.717, 1.165) is 33.4 Å². The van der Waals surface area contributed by atoms with Crippen molar-refractivity contribution >= 4 is 45.1 Å². The van der Waals surface area contributed by atoms with Crippen LogP contribution in [-0.2, 0) is 0 Å². The van der Waals surface area contributed by atoms with Crippen molar-refractivity contribution in [3.05, 3.63) is 64.5 Å². The van der Waals surface area contributed by atoms with E-state index >= 15 is 0 Å². The van der Waals surface area contributed by atoms with Crippen molar-refractivity contribution in [1.82, 2.24) is 14.5 Å². The van der Waals surface area contributed by atoms with Crippen LogP contribution in [0.5, 0.6) is 0 Å². The summed E-state index contributed by atoms with van der Waals surface area (Å²) in [5.74, 6) is 1.57. The van der Waals surface area contributed by atoms with E-state index in [1.54, 1.807) is 0 Å². The zero-order chi connectivity index (χ0) is 18.4. The molecule has 0 unspecified atom stereocenters. The van der Waals surface area contributed by atoms with Crippen LogP contribution in [0.4, 0.5) is 0 Å². The second-order valence-corrected chi connectivity index (χ2v) is 8.06. The van der Waals surface area contributed by atoms with Gasteiger partial charge in [-0.05, 0) is 37.1 Å². The molecule has 0 aliphatic heterocycles. The van der Waals surface area contributed by atoms with Crippen LogP contribution in [0.3, 0.4) is 0 Å². The number of benzene rings is 2. The first-order valence-electron chi connectivity index (χ1n) is 9.44. The summed E-state index contributed by atoms with van der Waals surface area (Å²) in [5, 5.41) is 2.23. The molecule has 0 spiro atoms. The second kappa shape index (κ2) is 6.81. The number of hydrogen-bond acceptors (Lipinski definition) is 2. The molecule has 1 aliphatic carbocycles. The first kappa shape index (κ1) is 17.0. The van der Waals surface area contributed by atoms with Gasteiger partial charge in [0.15, 0.2) is 0 Å². The van der Waals surface area contributed by atoms with Crippen molar-refractivity contribution in [2.24, 2.45) is 0 Å². The monoisotopic (exact) mass is 395 g/mol. The van der Waals surface area contributed by atoms with Crippen molar-refractivity contribution in [2.45, 2.75) is 38.0 Å². The van der Waals surface area contributed by atoms with E-state index in [-0.39, 0.29) is 0 Å². The van der Waals surface area contributed by atoms with Gasteiger partial charge >= 0.3 is 0 Å². The highest BCUT2D eigenvalue weighted by Crippen LogP contribution is 2.38. The molecule has 1 fully saturated rings. The largest absolute Gasteiger partial charge is 0.295 e. The fourth-order valence-corrected chi connectivity index (χ4v) is 4.53. The summed E-state index contributed by atoms with van der Waals surface area (Å²) in [6.07, 6.45) is 8.07. The Labute approximate surface area is 168 Å². The van der Waals surface area contributed by atoms with Crippen molar-refractivity contribution < 1.29 is 0 Å². The molecule has 0 bridgehead atoms. The van der Waals surface area contributed by atoms with Gasteiger partial charge in [0.2, 0.25) is 0 Å². The van der Waals surface area contributed by atoms with Crippen LogP contribution >= 0.6 is 23.2 Å². The topological polar surface area (TPSA) is 30.7 Å². The van der Waals surface area contributed by atoms with Crippen molar-refractivity contribution in [3.63, 3.8) is 0 Å². The first-order valence-corrected chi connectivity index (χ1v) is 10.2. The minimum Gasteiger partial charge on any atom is -0.295 e. The zero-order valence-corrected chi connectivity index (χ0v) is 16.3. The lowest BCUT2D eigenvalue weighted by Crippen LogP contribution is -2.11. The van der Waals surface area contributed by atoms with E-state index in [1.165, 1.54) is 32.1 Å². The summed E-state index contributed by atoms with van der Waals surface area (Å²) in [4.78, 5) is 9.65. The van der Waals surface area contributed by atoms with E-state index in [1.807, 2.05) is 36.5 Å². The summed E-state index contributed by atoms with van der Waals surface area (Å²) in [6, 6.07) is 14.0. The molecule has 27 heavy (non-hydrogen) atoms. The average molecular weight is 396 g/mol. The van der Waals surface area contributed by atoms with Crippen LogP contribution in [0.2, 0.25) is 10.0 Å². The maximum Gasteiger partial charge on any atom is 0.117 e. The van der Waals surface area contributed by atoms with E-state index in [9.17, 15) is 0 Å². The Bertz CT molecular complexity index is 1140. The normalized spacial score (nSPS) is 15.6. The van der Waals surface area contributed by atoms with Gasteiger partial charge in [-0.25, -0.2) is 4.98 Å². The number of rotatable bonds is 2. The number of fused-ring (bicyclic) bond motifs is 3. The predicted molar refractivity (Wildman–Crippen MR) is 112 cm³/mol. The minimum absolute atomic E-state index is 0.458. The lowest BCUT2D eigenvalue weighted by Gasteiger charge is -2.22. The molecular formula is C22H19Cl2N3. The van der Waals surface area contributed by atoms with Crippen LogP contribution in [0.15, 0.2) is 48.7 Å². The minimum atomic E-state index is 0.458. The number of pyridine rings is 1. The summed E-state index contributed by atoms with van der Waals surface area (Å²) in [7, 11) is 0. The summed E-state index contributed by atoms with van der Waals surface area (Å²) < 4.78 is 2.28. The molecular weight excluding hydrogens is 377 g/mol. The van der Waals surface area contributed by atoms with Gasteiger partial charge < -0.3 is 0 Å². The molecule has 1 aliphatic rings. The number of hydrogen-bond donors (Lipinski definition) is 0. The molecule has 1 saturated carbocycles. The Balaban J connectivity index is 1.85. The fourth-order valence-electron chi connectivity index (χ4n) is 4.24. The van der Waals surface area contributed by atoms with Crippen LogP contribution in [0, 0.1) is 0 Å². The van der Waals surface area contributed by atoms with Gasteiger partial charge in [0.25, 0.3) is 0 Å². The molecule has 3 nitrogen and oxygen atoms in total.